The van der Waals surface area contributed by atoms with Crippen LogP contribution in [0.5, 0.6) is 0 Å². The van der Waals surface area contributed by atoms with Crippen LogP contribution in [0.1, 0.15) is 60.3 Å². The summed E-state index contributed by atoms with van der Waals surface area (Å²) in [5.74, 6) is 1.16. The molecule has 0 saturated heterocycles. The monoisotopic (exact) mass is 228 g/mol. The standard InChI is InChI=1S/C14H28O2/c1-6-10(2)7-11(3)8-12(4)9-13(5)14(15)16/h10-13H,6-9H2,1-5H3,(H,15,16)/t10-,11-,12-,13-/m1/s1. The third-order valence-electron chi connectivity index (χ3n) is 3.48. The molecule has 0 bridgehead atoms. The van der Waals surface area contributed by atoms with Crippen LogP contribution >= 0.6 is 0 Å². The summed E-state index contributed by atoms with van der Waals surface area (Å²) in [5.41, 5.74) is 0. The summed E-state index contributed by atoms with van der Waals surface area (Å²) < 4.78 is 0. The smallest absolute Gasteiger partial charge is 0.306 e. The minimum Gasteiger partial charge on any atom is -0.481 e. The van der Waals surface area contributed by atoms with Gasteiger partial charge >= 0.3 is 5.97 Å². The Morgan fingerprint density at radius 2 is 1.38 bits per heavy atom. The third kappa shape index (κ3) is 6.86. The molecule has 4 atom stereocenters. The van der Waals surface area contributed by atoms with Crippen molar-refractivity contribution in [2.75, 3.05) is 0 Å². The van der Waals surface area contributed by atoms with Crippen LogP contribution in [-0.4, -0.2) is 11.1 Å². The van der Waals surface area contributed by atoms with E-state index in [4.69, 9.17) is 5.11 Å². The molecule has 0 aliphatic carbocycles. The number of carboxylic acids is 1. The summed E-state index contributed by atoms with van der Waals surface area (Å²) >= 11 is 0. The van der Waals surface area contributed by atoms with Crippen LogP contribution in [0.3, 0.4) is 0 Å². The number of rotatable bonds is 8. The van der Waals surface area contributed by atoms with Crippen LogP contribution in [-0.2, 0) is 4.79 Å². The second-order valence-corrected chi connectivity index (χ2v) is 5.67. The molecule has 0 aliphatic heterocycles. The van der Waals surface area contributed by atoms with Crippen molar-refractivity contribution >= 4 is 5.97 Å². The molecular weight excluding hydrogens is 200 g/mol. The maximum atomic E-state index is 10.7. The lowest BCUT2D eigenvalue weighted by Gasteiger charge is -2.21. The lowest BCUT2D eigenvalue weighted by molar-refractivity contribution is -0.141. The Kier molecular flexibility index (Phi) is 7.44. The quantitative estimate of drug-likeness (QED) is 0.676. The first-order valence-corrected chi connectivity index (χ1v) is 6.59. The van der Waals surface area contributed by atoms with E-state index in [0.717, 1.165) is 18.8 Å². The van der Waals surface area contributed by atoms with Gasteiger partial charge in [0.1, 0.15) is 0 Å². The van der Waals surface area contributed by atoms with Gasteiger partial charge in [-0.25, -0.2) is 0 Å². The topological polar surface area (TPSA) is 37.3 Å². The highest BCUT2D eigenvalue weighted by molar-refractivity contribution is 5.69. The van der Waals surface area contributed by atoms with Crippen molar-refractivity contribution < 1.29 is 9.90 Å². The summed E-state index contributed by atoms with van der Waals surface area (Å²) in [6.45, 7) is 10.8. The molecule has 2 heteroatoms. The molecule has 0 spiro atoms. The average Bonchev–Trinajstić information content (AvgIpc) is 2.16. The van der Waals surface area contributed by atoms with E-state index in [9.17, 15) is 4.79 Å². The van der Waals surface area contributed by atoms with Crippen molar-refractivity contribution in [3.8, 4) is 0 Å². The SMILES string of the molecule is CC[C@@H](C)C[C@@H](C)C[C@@H](C)C[C@@H](C)C(=O)O. The highest BCUT2D eigenvalue weighted by atomic mass is 16.4. The molecule has 0 amide bonds. The van der Waals surface area contributed by atoms with Gasteiger partial charge in [-0.15, -0.1) is 0 Å². The zero-order chi connectivity index (χ0) is 12.7. The Morgan fingerprint density at radius 1 is 0.938 bits per heavy atom. The van der Waals surface area contributed by atoms with E-state index in [2.05, 4.69) is 27.7 Å². The van der Waals surface area contributed by atoms with E-state index in [-0.39, 0.29) is 5.92 Å². The van der Waals surface area contributed by atoms with Crippen molar-refractivity contribution in [2.24, 2.45) is 23.7 Å². The lowest BCUT2D eigenvalue weighted by Crippen LogP contribution is -2.15. The molecule has 0 rings (SSSR count). The van der Waals surface area contributed by atoms with E-state index in [0.29, 0.717) is 11.8 Å². The van der Waals surface area contributed by atoms with Crippen molar-refractivity contribution in [3.05, 3.63) is 0 Å². The van der Waals surface area contributed by atoms with Gasteiger partial charge in [0.25, 0.3) is 0 Å². The van der Waals surface area contributed by atoms with Gasteiger partial charge in [0.2, 0.25) is 0 Å². The van der Waals surface area contributed by atoms with E-state index >= 15 is 0 Å². The Bertz CT molecular complexity index is 201. The van der Waals surface area contributed by atoms with Gasteiger partial charge in [-0.05, 0) is 37.0 Å². The highest BCUT2D eigenvalue weighted by Gasteiger charge is 2.17. The van der Waals surface area contributed by atoms with Crippen LogP contribution in [0, 0.1) is 23.7 Å². The Balaban J connectivity index is 3.86. The van der Waals surface area contributed by atoms with Crippen LogP contribution in [0.25, 0.3) is 0 Å². The fraction of sp³-hybridized carbons (Fsp3) is 0.929. The van der Waals surface area contributed by atoms with E-state index in [1.54, 1.807) is 6.92 Å². The summed E-state index contributed by atoms with van der Waals surface area (Å²) in [6.07, 6.45) is 4.47. The lowest BCUT2D eigenvalue weighted by atomic mass is 9.85. The van der Waals surface area contributed by atoms with Crippen LogP contribution < -0.4 is 0 Å². The fourth-order valence-corrected chi connectivity index (χ4v) is 2.44. The Hall–Kier alpha value is -0.530. The van der Waals surface area contributed by atoms with E-state index < -0.39 is 5.97 Å². The van der Waals surface area contributed by atoms with Crippen molar-refractivity contribution in [2.45, 2.75) is 60.3 Å². The predicted molar refractivity (Wildman–Crippen MR) is 68.4 cm³/mol. The largest absolute Gasteiger partial charge is 0.481 e. The summed E-state index contributed by atoms with van der Waals surface area (Å²) in [7, 11) is 0. The molecule has 16 heavy (non-hydrogen) atoms. The summed E-state index contributed by atoms with van der Waals surface area (Å²) in [6, 6.07) is 0. The van der Waals surface area contributed by atoms with E-state index in [1.165, 1.54) is 12.8 Å². The number of carbonyl (C=O) groups is 1. The van der Waals surface area contributed by atoms with Gasteiger partial charge in [0.05, 0.1) is 5.92 Å². The zero-order valence-corrected chi connectivity index (χ0v) is 11.5. The van der Waals surface area contributed by atoms with Gasteiger partial charge < -0.3 is 5.11 Å². The number of hydrogen-bond acceptors (Lipinski definition) is 1. The maximum Gasteiger partial charge on any atom is 0.306 e. The predicted octanol–water partition coefficient (Wildman–Crippen LogP) is 4.20. The first kappa shape index (κ1) is 15.5. The minimum absolute atomic E-state index is 0.203. The minimum atomic E-state index is -0.665. The third-order valence-corrected chi connectivity index (χ3v) is 3.48. The average molecular weight is 228 g/mol. The van der Waals surface area contributed by atoms with Crippen molar-refractivity contribution in [1.82, 2.24) is 0 Å². The molecule has 0 aromatic rings. The molecule has 2 nitrogen and oxygen atoms in total. The molecule has 0 aliphatic rings. The van der Waals surface area contributed by atoms with Crippen molar-refractivity contribution in [3.63, 3.8) is 0 Å². The molecular formula is C14H28O2. The molecule has 0 fully saturated rings. The molecule has 0 saturated carbocycles. The number of aliphatic carboxylic acids is 1. The second kappa shape index (κ2) is 7.70. The van der Waals surface area contributed by atoms with Crippen LogP contribution in [0.2, 0.25) is 0 Å². The summed E-state index contributed by atoms with van der Waals surface area (Å²) in [5, 5.41) is 8.85. The van der Waals surface area contributed by atoms with Crippen LogP contribution in [0.15, 0.2) is 0 Å². The van der Waals surface area contributed by atoms with Crippen molar-refractivity contribution in [1.29, 1.82) is 0 Å². The Labute approximate surface area is 100 Å². The van der Waals surface area contributed by atoms with E-state index in [1.807, 2.05) is 0 Å². The van der Waals surface area contributed by atoms with Gasteiger partial charge in [0.15, 0.2) is 0 Å². The summed E-state index contributed by atoms with van der Waals surface area (Å²) in [4.78, 5) is 10.7. The van der Waals surface area contributed by atoms with Gasteiger partial charge in [-0.1, -0.05) is 41.0 Å². The van der Waals surface area contributed by atoms with Gasteiger partial charge in [0, 0.05) is 0 Å². The first-order valence-electron chi connectivity index (χ1n) is 6.59. The number of hydrogen-bond donors (Lipinski definition) is 1. The molecule has 0 unspecified atom stereocenters. The highest BCUT2D eigenvalue weighted by Crippen LogP contribution is 2.25. The second-order valence-electron chi connectivity index (χ2n) is 5.67. The van der Waals surface area contributed by atoms with Gasteiger partial charge in [-0.2, -0.15) is 0 Å². The van der Waals surface area contributed by atoms with Crippen LogP contribution in [0.4, 0.5) is 0 Å². The molecule has 0 radical (unpaired) electrons. The fourth-order valence-electron chi connectivity index (χ4n) is 2.44. The van der Waals surface area contributed by atoms with Gasteiger partial charge in [-0.3, -0.25) is 4.79 Å². The molecule has 0 heterocycles. The Morgan fingerprint density at radius 3 is 1.81 bits per heavy atom. The number of carboxylic acid groups (broad SMARTS) is 1. The molecule has 0 aromatic carbocycles. The zero-order valence-electron chi connectivity index (χ0n) is 11.5. The maximum absolute atomic E-state index is 10.7. The normalized spacial score (nSPS) is 18.8. The first-order chi connectivity index (χ1) is 7.36. The molecule has 96 valence electrons. The molecule has 1 N–H and O–H groups in total. The molecule has 0 aromatic heterocycles.